The van der Waals surface area contributed by atoms with E-state index in [1.165, 1.54) is 11.1 Å². The molecule has 0 aliphatic rings. The molecule has 0 radical (unpaired) electrons. The van der Waals surface area contributed by atoms with Crippen molar-refractivity contribution in [1.29, 1.82) is 0 Å². The van der Waals surface area contributed by atoms with Crippen molar-refractivity contribution in [2.45, 2.75) is 39.5 Å². The topological polar surface area (TPSA) is 75.6 Å². The van der Waals surface area contributed by atoms with Crippen LogP contribution in [0.1, 0.15) is 42.4 Å². The van der Waals surface area contributed by atoms with Gasteiger partial charge in [0.2, 0.25) is 5.91 Å². The number of hydrogen-bond donors (Lipinski definition) is 2. The van der Waals surface area contributed by atoms with Crippen molar-refractivity contribution in [1.82, 2.24) is 0 Å². The van der Waals surface area contributed by atoms with Crippen molar-refractivity contribution in [2.75, 3.05) is 11.9 Å². The summed E-state index contributed by atoms with van der Waals surface area (Å²) in [7, 11) is 0. The first-order chi connectivity index (χ1) is 12.4. The lowest BCUT2D eigenvalue weighted by Crippen LogP contribution is -2.16. The second-order valence-corrected chi connectivity index (χ2v) is 6.43. The van der Waals surface area contributed by atoms with Crippen molar-refractivity contribution < 1.29 is 19.4 Å². The number of nitrogens with one attached hydrogen (secondary N) is 1. The first-order valence-electron chi connectivity index (χ1n) is 8.70. The van der Waals surface area contributed by atoms with Crippen LogP contribution in [0.15, 0.2) is 42.5 Å². The van der Waals surface area contributed by atoms with E-state index in [0.29, 0.717) is 17.9 Å². The molecule has 2 N–H and O–H groups in total. The summed E-state index contributed by atoms with van der Waals surface area (Å²) < 4.78 is 5.15. The summed E-state index contributed by atoms with van der Waals surface area (Å²) in [5.74, 6) is -0.426. The largest absolute Gasteiger partial charge is 0.482 e. The number of aryl methyl sites for hydroxylation is 2. The number of rotatable bonds is 8. The average molecular weight is 355 g/mol. The van der Waals surface area contributed by atoms with Crippen LogP contribution in [0.3, 0.4) is 0 Å². The van der Waals surface area contributed by atoms with E-state index in [1.807, 2.05) is 13.8 Å². The third-order valence-electron chi connectivity index (χ3n) is 4.31. The molecule has 1 unspecified atom stereocenters. The van der Waals surface area contributed by atoms with E-state index in [-0.39, 0.29) is 18.4 Å². The van der Waals surface area contributed by atoms with E-state index in [4.69, 9.17) is 9.84 Å². The van der Waals surface area contributed by atoms with Crippen LogP contribution in [-0.4, -0.2) is 23.6 Å². The van der Waals surface area contributed by atoms with E-state index in [9.17, 15) is 9.59 Å². The number of carboxylic acids is 1. The van der Waals surface area contributed by atoms with Gasteiger partial charge in [0.05, 0.1) is 0 Å². The highest BCUT2D eigenvalue weighted by Gasteiger charge is 2.15. The van der Waals surface area contributed by atoms with Crippen molar-refractivity contribution >= 4 is 17.6 Å². The molecule has 2 rings (SSSR count). The summed E-state index contributed by atoms with van der Waals surface area (Å²) in [6.45, 7) is 5.59. The fraction of sp³-hybridized carbons (Fsp3) is 0.333. The lowest BCUT2D eigenvalue weighted by Gasteiger charge is -2.16. The Morgan fingerprint density at radius 3 is 2.38 bits per heavy atom. The Bertz CT molecular complexity index is 768. The molecular weight excluding hydrogens is 330 g/mol. The van der Waals surface area contributed by atoms with Crippen LogP contribution in [0.25, 0.3) is 0 Å². The fourth-order valence-electron chi connectivity index (χ4n) is 2.77. The Labute approximate surface area is 154 Å². The molecule has 0 aliphatic heterocycles. The number of anilines is 1. The molecule has 5 heteroatoms. The summed E-state index contributed by atoms with van der Waals surface area (Å²) in [5.41, 5.74) is 3.90. The maximum Gasteiger partial charge on any atom is 0.341 e. The van der Waals surface area contributed by atoms with Gasteiger partial charge in [0.25, 0.3) is 0 Å². The van der Waals surface area contributed by atoms with Crippen molar-refractivity contribution in [2.24, 2.45) is 0 Å². The number of benzene rings is 2. The van der Waals surface area contributed by atoms with Gasteiger partial charge in [-0.2, -0.15) is 0 Å². The lowest BCUT2D eigenvalue weighted by atomic mass is 9.92. The van der Waals surface area contributed by atoms with Crippen LogP contribution in [0.4, 0.5) is 5.69 Å². The zero-order valence-corrected chi connectivity index (χ0v) is 15.4. The summed E-state index contributed by atoms with van der Waals surface area (Å²) in [6, 6.07) is 13.4. The minimum atomic E-state index is -1.03. The number of hydrogen-bond acceptors (Lipinski definition) is 3. The van der Waals surface area contributed by atoms with Crippen molar-refractivity contribution in [3.63, 3.8) is 0 Å². The summed E-state index contributed by atoms with van der Waals surface area (Å²) in [5, 5.41) is 11.6. The van der Waals surface area contributed by atoms with E-state index < -0.39 is 5.97 Å². The normalized spacial score (nSPS) is 11.7. The van der Waals surface area contributed by atoms with Crippen LogP contribution in [-0.2, 0) is 9.59 Å². The fourth-order valence-corrected chi connectivity index (χ4v) is 2.77. The number of carbonyl (C=O) groups excluding carboxylic acids is 1. The molecule has 0 saturated carbocycles. The van der Waals surface area contributed by atoms with Crippen LogP contribution in [0.2, 0.25) is 0 Å². The number of carboxylic acid groups (broad SMARTS) is 1. The van der Waals surface area contributed by atoms with Crippen LogP contribution < -0.4 is 10.1 Å². The third kappa shape index (κ3) is 5.62. The molecule has 0 spiro atoms. The van der Waals surface area contributed by atoms with Crippen molar-refractivity contribution in [3.8, 4) is 5.75 Å². The van der Waals surface area contributed by atoms with Gasteiger partial charge in [-0.25, -0.2) is 4.79 Å². The molecule has 0 fully saturated rings. The predicted octanol–water partition coefficient (Wildman–Crippen LogP) is 4.29. The smallest absolute Gasteiger partial charge is 0.341 e. The Morgan fingerprint density at radius 1 is 1.12 bits per heavy atom. The van der Waals surface area contributed by atoms with Crippen LogP contribution in [0, 0.1) is 13.8 Å². The molecule has 2 aromatic rings. The van der Waals surface area contributed by atoms with Gasteiger partial charge in [-0.3, -0.25) is 4.79 Å². The molecule has 0 bridgehead atoms. The molecule has 0 aliphatic carbocycles. The molecular formula is C21H25NO4. The van der Waals surface area contributed by atoms with Gasteiger partial charge >= 0.3 is 5.97 Å². The number of ether oxygens (including phenoxy) is 1. The van der Waals surface area contributed by atoms with Crippen molar-refractivity contribution in [3.05, 3.63) is 59.2 Å². The Morgan fingerprint density at radius 2 is 1.81 bits per heavy atom. The van der Waals surface area contributed by atoms with Gasteiger partial charge in [-0.1, -0.05) is 36.8 Å². The first-order valence-corrected chi connectivity index (χ1v) is 8.70. The molecule has 0 saturated heterocycles. The van der Waals surface area contributed by atoms with Gasteiger partial charge in [-0.05, 0) is 55.5 Å². The Kier molecular flexibility index (Phi) is 6.78. The SMILES string of the molecule is CCC(CC(=O)Nc1ccc(OCC(=O)O)cc1C)c1ccc(C)cc1. The Balaban J connectivity index is 1.99. The third-order valence-corrected chi connectivity index (χ3v) is 4.31. The maximum absolute atomic E-state index is 12.5. The molecule has 1 amide bonds. The molecule has 5 nitrogen and oxygen atoms in total. The zero-order valence-electron chi connectivity index (χ0n) is 15.4. The minimum absolute atomic E-state index is 0.0419. The summed E-state index contributed by atoms with van der Waals surface area (Å²) in [4.78, 5) is 23.0. The molecule has 138 valence electrons. The minimum Gasteiger partial charge on any atom is -0.482 e. The first kappa shape index (κ1) is 19.5. The van der Waals surface area contributed by atoms with E-state index in [1.54, 1.807) is 18.2 Å². The van der Waals surface area contributed by atoms with Gasteiger partial charge < -0.3 is 15.2 Å². The highest BCUT2D eigenvalue weighted by atomic mass is 16.5. The number of amides is 1. The van der Waals surface area contributed by atoms with E-state index in [0.717, 1.165) is 12.0 Å². The van der Waals surface area contributed by atoms with Crippen LogP contribution in [0.5, 0.6) is 5.75 Å². The highest BCUT2D eigenvalue weighted by molar-refractivity contribution is 5.92. The second kappa shape index (κ2) is 9.04. The summed E-state index contributed by atoms with van der Waals surface area (Å²) >= 11 is 0. The number of carbonyl (C=O) groups is 2. The monoisotopic (exact) mass is 355 g/mol. The predicted molar refractivity (Wildman–Crippen MR) is 102 cm³/mol. The molecule has 26 heavy (non-hydrogen) atoms. The summed E-state index contributed by atoms with van der Waals surface area (Å²) in [6.07, 6.45) is 1.30. The highest BCUT2D eigenvalue weighted by Crippen LogP contribution is 2.26. The van der Waals surface area contributed by atoms with Gasteiger partial charge in [0.1, 0.15) is 5.75 Å². The lowest BCUT2D eigenvalue weighted by molar-refractivity contribution is -0.139. The molecule has 1 atom stereocenters. The van der Waals surface area contributed by atoms with E-state index >= 15 is 0 Å². The maximum atomic E-state index is 12.5. The van der Waals surface area contributed by atoms with Gasteiger partial charge in [-0.15, -0.1) is 0 Å². The Hall–Kier alpha value is -2.82. The van der Waals surface area contributed by atoms with E-state index in [2.05, 4.69) is 36.5 Å². The van der Waals surface area contributed by atoms with Gasteiger partial charge in [0, 0.05) is 12.1 Å². The average Bonchev–Trinajstić information content (AvgIpc) is 2.61. The molecule has 0 heterocycles. The quantitative estimate of drug-likeness (QED) is 0.741. The van der Waals surface area contributed by atoms with Gasteiger partial charge in [0.15, 0.2) is 6.61 Å². The molecule has 2 aromatic carbocycles. The number of aliphatic carboxylic acids is 1. The molecule has 0 aromatic heterocycles. The standard InChI is InChI=1S/C21H25NO4/c1-4-16(17-7-5-14(2)6-8-17)12-20(23)22-19-10-9-18(11-15(19)3)26-13-21(24)25/h5-11,16H,4,12-13H2,1-3H3,(H,22,23)(H,24,25). The van der Waals surface area contributed by atoms with Crippen LogP contribution >= 0.6 is 0 Å². The second-order valence-electron chi connectivity index (χ2n) is 6.43. The zero-order chi connectivity index (χ0) is 19.1.